The number of ether oxygens (including phenoxy) is 1. The van der Waals surface area contributed by atoms with Crippen LogP contribution in [0.15, 0.2) is 30.5 Å². The van der Waals surface area contributed by atoms with Crippen molar-refractivity contribution in [1.29, 1.82) is 5.26 Å². The number of benzene rings is 1. The molecule has 0 saturated carbocycles. The van der Waals surface area contributed by atoms with Gasteiger partial charge in [0.1, 0.15) is 5.60 Å². The van der Waals surface area contributed by atoms with Crippen molar-refractivity contribution in [3.05, 3.63) is 36.0 Å². The lowest BCUT2D eigenvalue weighted by Gasteiger charge is -2.34. The summed E-state index contributed by atoms with van der Waals surface area (Å²) < 4.78 is 7.17. The Morgan fingerprint density at radius 2 is 2.04 bits per heavy atom. The number of nitrogens with zero attached hydrogens (tertiary/aromatic N) is 3. The maximum Gasteiger partial charge on any atom is 0.419 e. The molecule has 1 fully saturated rings. The number of nitriles is 1. The van der Waals surface area contributed by atoms with Crippen LogP contribution in [0, 0.1) is 17.2 Å². The van der Waals surface area contributed by atoms with Crippen LogP contribution in [-0.4, -0.2) is 40.3 Å². The summed E-state index contributed by atoms with van der Waals surface area (Å²) in [5.74, 6) is 0.623. The van der Waals surface area contributed by atoms with E-state index in [2.05, 4.69) is 17.9 Å². The third-order valence-corrected chi connectivity index (χ3v) is 5.12. The average Bonchev–Trinajstić information content (AvgIpc) is 2.98. The van der Waals surface area contributed by atoms with E-state index in [1.54, 1.807) is 4.57 Å². The molecule has 3 rings (SSSR count). The van der Waals surface area contributed by atoms with Gasteiger partial charge < -0.3 is 4.74 Å². The fourth-order valence-electron chi connectivity index (χ4n) is 3.81. The SMILES string of the molecule is CC1CCC(C#N)N(CCc2cn(C(=O)OC(C)(C)C)c3ccccc23)C1. The van der Waals surface area contributed by atoms with Gasteiger partial charge in [-0.2, -0.15) is 5.26 Å². The van der Waals surface area contributed by atoms with Crippen molar-refractivity contribution in [1.82, 2.24) is 9.47 Å². The molecule has 2 aromatic rings. The summed E-state index contributed by atoms with van der Waals surface area (Å²) in [6, 6.07) is 10.4. The van der Waals surface area contributed by atoms with Crippen molar-refractivity contribution in [2.45, 2.75) is 58.6 Å². The third-order valence-electron chi connectivity index (χ3n) is 5.12. The molecule has 2 unspecified atom stereocenters. The summed E-state index contributed by atoms with van der Waals surface area (Å²) in [6.07, 6.45) is 4.41. The molecule has 1 aliphatic rings. The second kappa shape index (κ2) is 7.74. The summed E-state index contributed by atoms with van der Waals surface area (Å²) in [5, 5.41) is 10.5. The second-order valence-corrected chi connectivity index (χ2v) is 8.59. The molecule has 27 heavy (non-hydrogen) atoms. The van der Waals surface area contributed by atoms with Crippen molar-refractivity contribution < 1.29 is 9.53 Å². The number of likely N-dealkylation sites (tertiary alicyclic amines) is 1. The molecule has 0 amide bonds. The molecule has 0 spiro atoms. The Balaban J connectivity index is 1.83. The predicted molar refractivity (Wildman–Crippen MR) is 107 cm³/mol. The van der Waals surface area contributed by atoms with E-state index in [1.165, 1.54) is 0 Å². The number of piperidine rings is 1. The number of rotatable bonds is 3. The fourth-order valence-corrected chi connectivity index (χ4v) is 3.81. The zero-order valence-corrected chi connectivity index (χ0v) is 16.7. The Kier molecular flexibility index (Phi) is 5.57. The zero-order valence-electron chi connectivity index (χ0n) is 16.7. The molecule has 0 radical (unpaired) electrons. The van der Waals surface area contributed by atoms with E-state index in [-0.39, 0.29) is 12.1 Å². The van der Waals surface area contributed by atoms with Crippen molar-refractivity contribution in [3.8, 4) is 6.07 Å². The lowest BCUT2D eigenvalue weighted by atomic mass is 9.94. The van der Waals surface area contributed by atoms with Crippen LogP contribution < -0.4 is 0 Å². The van der Waals surface area contributed by atoms with Gasteiger partial charge in [-0.05, 0) is 57.6 Å². The van der Waals surface area contributed by atoms with E-state index >= 15 is 0 Å². The van der Waals surface area contributed by atoms with Crippen LogP contribution in [0.4, 0.5) is 4.79 Å². The fraction of sp³-hybridized carbons (Fsp3) is 0.545. The lowest BCUT2D eigenvalue weighted by Crippen LogP contribution is -2.42. The summed E-state index contributed by atoms with van der Waals surface area (Å²) >= 11 is 0. The molecule has 1 saturated heterocycles. The topological polar surface area (TPSA) is 58.3 Å². The Morgan fingerprint density at radius 3 is 2.74 bits per heavy atom. The van der Waals surface area contributed by atoms with Gasteiger partial charge in [0.05, 0.1) is 17.6 Å². The molecule has 1 aromatic heterocycles. The molecule has 5 nitrogen and oxygen atoms in total. The van der Waals surface area contributed by atoms with Crippen LogP contribution in [0.2, 0.25) is 0 Å². The van der Waals surface area contributed by atoms with E-state index < -0.39 is 5.60 Å². The zero-order chi connectivity index (χ0) is 19.6. The number of hydrogen-bond acceptors (Lipinski definition) is 4. The maximum atomic E-state index is 12.6. The molecule has 0 aliphatic carbocycles. The van der Waals surface area contributed by atoms with Gasteiger partial charge in [-0.3, -0.25) is 9.47 Å². The lowest BCUT2D eigenvalue weighted by molar-refractivity contribution is 0.0544. The number of hydrogen-bond donors (Lipinski definition) is 0. The molecule has 1 aromatic carbocycles. The summed E-state index contributed by atoms with van der Waals surface area (Å²) in [4.78, 5) is 14.9. The van der Waals surface area contributed by atoms with Crippen molar-refractivity contribution >= 4 is 17.0 Å². The van der Waals surface area contributed by atoms with Gasteiger partial charge in [-0.15, -0.1) is 0 Å². The third kappa shape index (κ3) is 4.51. The van der Waals surface area contributed by atoms with E-state index in [9.17, 15) is 10.1 Å². The van der Waals surface area contributed by atoms with Gasteiger partial charge in [0.2, 0.25) is 0 Å². The highest BCUT2D eigenvalue weighted by atomic mass is 16.6. The highest BCUT2D eigenvalue weighted by Crippen LogP contribution is 2.25. The normalized spacial score (nSPS) is 21.1. The van der Waals surface area contributed by atoms with Crippen LogP contribution in [0.25, 0.3) is 10.9 Å². The van der Waals surface area contributed by atoms with Gasteiger partial charge in [0.15, 0.2) is 0 Å². The van der Waals surface area contributed by atoms with Crippen molar-refractivity contribution in [3.63, 3.8) is 0 Å². The minimum Gasteiger partial charge on any atom is -0.443 e. The van der Waals surface area contributed by atoms with Crippen LogP contribution in [-0.2, 0) is 11.2 Å². The first kappa shape index (κ1) is 19.4. The highest BCUT2D eigenvalue weighted by Gasteiger charge is 2.26. The number of carbonyl (C=O) groups is 1. The molecular formula is C22H29N3O2. The van der Waals surface area contributed by atoms with Crippen molar-refractivity contribution in [2.75, 3.05) is 13.1 Å². The molecule has 5 heteroatoms. The van der Waals surface area contributed by atoms with E-state index in [1.807, 2.05) is 51.2 Å². The summed E-state index contributed by atoms with van der Waals surface area (Å²) in [7, 11) is 0. The first-order valence-corrected chi connectivity index (χ1v) is 9.74. The molecule has 1 aliphatic heterocycles. The highest BCUT2D eigenvalue weighted by molar-refractivity contribution is 5.92. The summed E-state index contributed by atoms with van der Waals surface area (Å²) in [5.41, 5.74) is 1.45. The van der Waals surface area contributed by atoms with Crippen molar-refractivity contribution in [2.24, 2.45) is 5.92 Å². The summed E-state index contributed by atoms with van der Waals surface area (Å²) in [6.45, 7) is 9.65. The minimum absolute atomic E-state index is 0.000376. The van der Waals surface area contributed by atoms with Crippen LogP contribution in [0.1, 0.15) is 46.1 Å². The molecule has 2 heterocycles. The Bertz CT molecular complexity index is 857. The number of aromatic nitrogens is 1. The molecule has 2 atom stereocenters. The number of carbonyl (C=O) groups excluding carboxylic acids is 1. The van der Waals surface area contributed by atoms with Gasteiger partial charge in [-0.25, -0.2) is 4.79 Å². The second-order valence-electron chi connectivity index (χ2n) is 8.59. The average molecular weight is 367 g/mol. The minimum atomic E-state index is -0.535. The number of fused-ring (bicyclic) bond motifs is 1. The van der Waals surface area contributed by atoms with E-state index in [4.69, 9.17) is 4.74 Å². The number of para-hydroxylation sites is 1. The van der Waals surface area contributed by atoms with Gasteiger partial charge in [-0.1, -0.05) is 25.1 Å². The van der Waals surface area contributed by atoms with Crippen LogP contribution in [0.3, 0.4) is 0 Å². The molecule has 144 valence electrons. The molecular weight excluding hydrogens is 338 g/mol. The van der Waals surface area contributed by atoms with E-state index in [0.29, 0.717) is 5.92 Å². The van der Waals surface area contributed by atoms with Crippen LogP contribution in [0.5, 0.6) is 0 Å². The smallest absolute Gasteiger partial charge is 0.419 e. The molecule has 0 N–H and O–H groups in total. The Morgan fingerprint density at radius 1 is 1.30 bits per heavy atom. The van der Waals surface area contributed by atoms with Crippen LogP contribution >= 0.6 is 0 Å². The largest absolute Gasteiger partial charge is 0.443 e. The van der Waals surface area contributed by atoms with E-state index in [0.717, 1.165) is 48.8 Å². The predicted octanol–water partition coefficient (Wildman–Crippen LogP) is 4.59. The first-order chi connectivity index (χ1) is 12.8. The monoisotopic (exact) mass is 367 g/mol. The standard InChI is InChI=1S/C22H29N3O2/c1-16-9-10-18(13-23)24(14-16)12-11-17-15-25(21(26)27-22(2,3)4)20-8-6-5-7-19(17)20/h5-8,15-16,18H,9-12,14H2,1-4H3. The van der Waals surface area contributed by atoms with Gasteiger partial charge >= 0.3 is 6.09 Å². The van der Waals surface area contributed by atoms with Gasteiger partial charge in [0, 0.05) is 24.7 Å². The Labute approximate surface area is 161 Å². The first-order valence-electron chi connectivity index (χ1n) is 9.74. The molecule has 0 bridgehead atoms. The maximum absolute atomic E-state index is 12.6. The quantitative estimate of drug-likeness (QED) is 0.796. The van der Waals surface area contributed by atoms with Gasteiger partial charge in [0.25, 0.3) is 0 Å². The Hall–Kier alpha value is -2.32.